The number of ether oxygens (including phenoxy) is 1. The summed E-state index contributed by atoms with van der Waals surface area (Å²) < 4.78 is 5.44. The second-order valence-electron chi connectivity index (χ2n) is 8.56. The highest BCUT2D eigenvalue weighted by molar-refractivity contribution is 5.95. The molecule has 0 spiro atoms. The fourth-order valence-corrected chi connectivity index (χ4v) is 4.31. The van der Waals surface area contributed by atoms with Gasteiger partial charge in [-0.15, -0.1) is 0 Å². The number of nitrogens with zero attached hydrogens (tertiary/aromatic N) is 3. The molecular formula is C27H39N3O2. The number of morpholine rings is 1. The van der Waals surface area contributed by atoms with Gasteiger partial charge in [0.2, 0.25) is 0 Å². The van der Waals surface area contributed by atoms with Crippen molar-refractivity contribution in [2.24, 2.45) is 0 Å². The zero-order valence-corrected chi connectivity index (χ0v) is 20.3. The van der Waals surface area contributed by atoms with Crippen LogP contribution in [0, 0.1) is 6.92 Å². The molecule has 5 nitrogen and oxygen atoms in total. The molecule has 32 heavy (non-hydrogen) atoms. The molecule has 5 heteroatoms. The second kappa shape index (κ2) is 12.1. The standard InChI is InChI=1S/C25H33N3O2.C2H6/c1-20-4-7-23(25(29)28-11-3-10-26(2)12-13-28)18-24(20)22-8-5-21(6-9-22)19-27-14-16-30-17-15-27;1-2/h4-9,18H,3,10-17,19H2,1-2H3;1-2H3. The Morgan fingerprint density at radius 2 is 1.62 bits per heavy atom. The van der Waals surface area contributed by atoms with E-state index in [-0.39, 0.29) is 5.91 Å². The Labute approximate surface area is 194 Å². The lowest BCUT2D eigenvalue weighted by Crippen LogP contribution is -2.35. The lowest BCUT2D eigenvalue weighted by molar-refractivity contribution is 0.0342. The molecule has 0 radical (unpaired) electrons. The first-order valence-corrected chi connectivity index (χ1v) is 12.1. The summed E-state index contributed by atoms with van der Waals surface area (Å²) in [5, 5.41) is 0. The van der Waals surface area contributed by atoms with Gasteiger partial charge in [-0.05, 0) is 61.3 Å². The number of hydrogen-bond acceptors (Lipinski definition) is 4. The normalized spacial score (nSPS) is 17.9. The Bertz CT molecular complexity index is 860. The van der Waals surface area contributed by atoms with Crippen LogP contribution in [-0.2, 0) is 11.3 Å². The van der Waals surface area contributed by atoms with E-state index < -0.39 is 0 Å². The van der Waals surface area contributed by atoms with E-state index in [9.17, 15) is 4.79 Å². The molecule has 0 aromatic heterocycles. The van der Waals surface area contributed by atoms with Gasteiger partial charge in [0.05, 0.1) is 13.2 Å². The third kappa shape index (κ3) is 6.41. The van der Waals surface area contributed by atoms with Gasteiger partial charge in [0.1, 0.15) is 0 Å². The number of hydrogen-bond donors (Lipinski definition) is 0. The minimum atomic E-state index is 0.149. The summed E-state index contributed by atoms with van der Waals surface area (Å²) in [5.41, 5.74) is 5.62. The fraction of sp³-hybridized carbons (Fsp3) is 0.519. The van der Waals surface area contributed by atoms with E-state index in [1.54, 1.807) is 0 Å². The van der Waals surface area contributed by atoms with Crippen LogP contribution < -0.4 is 0 Å². The predicted molar refractivity (Wildman–Crippen MR) is 132 cm³/mol. The Kier molecular flexibility index (Phi) is 9.27. The van der Waals surface area contributed by atoms with Crippen molar-refractivity contribution in [3.63, 3.8) is 0 Å². The van der Waals surface area contributed by atoms with Crippen molar-refractivity contribution in [1.29, 1.82) is 0 Å². The first kappa shape index (κ1) is 24.4. The third-order valence-corrected chi connectivity index (χ3v) is 6.27. The molecule has 2 aliphatic rings. The third-order valence-electron chi connectivity index (χ3n) is 6.27. The van der Waals surface area contributed by atoms with E-state index in [1.807, 2.05) is 24.8 Å². The van der Waals surface area contributed by atoms with E-state index >= 15 is 0 Å². The molecule has 2 aromatic rings. The van der Waals surface area contributed by atoms with Crippen molar-refractivity contribution in [2.45, 2.75) is 33.7 Å². The molecule has 4 rings (SSSR count). The number of carbonyl (C=O) groups excluding carboxylic acids is 1. The minimum absolute atomic E-state index is 0.149. The molecule has 0 atom stereocenters. The molecule has 2 fully saturated rings. The maximum absolute atomic E-state index is 13.1. The number of rotatable bonds is 4. The maximum atomic E-state index is 13.1. The Morgan fingerprint density at radius 3 is 2.34 bits per heavy atom. The summed E-state index contributed by atoms with van der Waals surface area (Å²) in [6, 6.07) is 14.9. The van der Waals surface area contributed by atoms with E-state index in [2.05, 4.69) is 60.2 Å². The van der Waals surface area contributed by atoms with Crippen LogP contribution in [0.2, 0.25) is 0 Å². The van der Waals surface area contributed by atoms with Gasteiger partial charge in [0.15, 0.2) is 0 Å². The van der Waals surface area contributed by atoms with E-state index in [1.165, 1.54) is 16.7 Å². The molecule has 174 valence electrons. The summed E-state index contributed by atoms with van der Waals surface area (Å²) in [4.78, 5) is 19.9. The lowest BCUT2D eigenvalue weighted by atomic mass is 9.96. The SMILES string of the molecule is CC.Cc1ccc(C(=O)N2CCCN(C)CC2)cc1-c1ccc(CN2CCOCC2)cc1. The van der Waals surface area contributed by atoms with Crippen LogP contribution in [0.3, 0.4) is 0 Å². The van der Waals surface area contributed by atoms with Gasteiger partial charge in [-0.2, -0.15) is 0 Å². The number of amides is 1. The monoisotopic (exact) mass is 437 g/mol. The van der Waals surface area contributed by atoms with Crippen LogP contribution in [0.1, 0.15) is 41.8 Å². The van der Waals surface area contributed by atoms with Gasteiger partial charge in [-0.3, -0.25) is 9.69 Å². The van der Waals surface area contributed by atoms with E-state index in [0.717, 1.165) is 76.6 Å². The molecule has 2 heterocycles. The van der Waals surface area contributed by atoms with Gasteiger partial charge >= 0.3 is 0 Å². The molecule has 0 bridgehead atoms. The Morgan fingerprint density at radius 1 is 0.906 bits per heavy atom. The van der Waals surface area contributed by atoms with Crippen LogP contribution in [0.4, 0.5) is 0 Å². The molecule has 2 aromatic carbocycles. The molecule has 1 amide bonds. The highest BCUT2D eigenvalue weighted by Gasteiger charge is 2.20. The second-order valence-corrected chi connectivity index (χ2v) is 8.56. The highest BCUT2D eigenvalue weighted by Crippen LogP contribution is 2.26. The number of benzene rings is 2. The van der Waals surface area contributed by atoms with Crippen LogP contribution in [0.25, 0.3) is 11.1 Å². The van der Waals surface area contributed by atoms with Crippen molar-refractivity contribution in [3.05, 3.63) is 59.2 Å². The first-order valence-electron chi connectivity index (χ1n) is 12.1. The smallest absolute Gasteiger partial charge is 0.253 e. The molecule has 0 saturated carbocycles. The molecule has 0 N–H and O–H groups in total. The van der Waals surface area contributed by atoms with Gasteiger partial charge in [0.25, 0.3) is 5.91 Å². The predicted octanol–water partition coefficient (Wildman–Crippen LogP) is 4.30. The van der Waals surface area contributed by atoms with Crippen LogP contribution in [0.15, 0.2) is 42.5 Å². The van der Waals surface area contributed by atoms with Crippen molar-refractivity contribution >= 4 is 5.91 Å². The largest absolute Gasteiger partial charge is 0.379 e. The summed E-state index contributed by atoms with van der Waals surface area (Å²) in [6.07, 6.45) is 1.03. The Hall–Kier alpha value is -2.21. The van der Waals surface area contributed by atoms with Crippen molar-refractivity contribution < 1.29 is 9.53 Å². The number of likely N-dealkylation sites (N-methyl/N-ethyl adjacent to an activating group) is 1. The minimum Gasteiger partial charge on any atom is -0.379 e. The van der Waals surface area contributed by atoms with Crippen LogP contribution in [-0.4, -0.2) is 80.1 Å². The maximum Gasteiger partial charge on any atom is 0.253 e. The summed E-state index contributed by atoms with van der Waals surface area (Å²) in [7, 11) is 2.13. The fourth-order valence-electron chi connectivity index (χ4n) is 4.31. The zero-order chi connectivity index (χ0) is 22.9. The van der Waals surface area contributed by atoms with Gasteiger partial charge < -0.3 is 14.5 Å². The van der Waals surface area contributed by atoms with Crippen LogP contribution >= 0.6 is 0 Å². The summed E-state index contributed by atoms with van der Waals surface area (Å²) in [5.74, 6) is 0.149. The Balaban J connectivity index is 0.00000141. The summed E-state index contributed by atoms with van der Waals surface area (Å²) in [6.45, 7) is 14.4. The van der Waals surface area contributed by atoms with E-state index in [0.29, 0.717) is 0 Å². The molecular weight excluding hydrogens is 398 g/mol. The van der Waals surface area contributed by atoms with Crippen molar-refractivity contribution in [2.75, 3.05) is 59.5 Å². The number of carbonyl (C=O) groups is 1. The van der Waals surface area contributed by atoms with Crippen molar-refractivity contribution in [3.8, 4) is 11.1 Å². The average Bonchev–Trinajstić information content (AvgIpc) is 3.06. The molecule has 0 aliphatic carbocycles. The average molecular weight is 438 g/mol. The van der Waals surface area contributed by atoms with Crippen molar-refractivity contribution in [1.82, 2.24) is 14.7 Å². The lowest BCUT2D eigenvalue weighted by Gasteiger charge is -2.26. The first-order chi connectivity index (χ1) is 15.6. The molecule has 2 aliphatic heterocycles. The zero-order valence-electron chi connectivity index (χ0n) is 20.3. The number of aryl methyl sites for hydroxylation is 1. The van der Waals surface area contributed by atoms with Gasteiger partial charge in [-0.1, -0.05) is 44.2 Å². The van der Waals surface area contributed by atoms with Gasteiger partial charge in [-0.25, -0.2) is 0 Å². The quantitative estimate of drug-likeness (QED) is 0.715. The molecule has 2 saturated heterocycles. The van der Waals surface area contributed by atoms with E-state index in [4.69, 9.17) is 4.74 Å². The van der Waals surface area contributed by atoms with Gasteiger partial charge in [0, 0.05) is 44.8 Å². The highest BCUT2D eigenvalue weighted by atomic mass is 16.5. The topological polar surface area (TPSA) is 36.0 Å². The summed E-state index contributed by atoms with van der Waals surface area (Å²) >= 11 is 0. The molecule has 0 unspecified atom stereocenters. The van der Waals surface area contributed by atoms with Crippen LogP contribution in [0.5, 0.6) is 0 Å².